The third kappa shape index (κ3) is 4.06. The number of aryl methyl sites for hydroxylation is 1. The van der Waals surface area contributed by atoms with Crippen molar-refractivity contribution in [2.75, 3.05) is 26.7 Å². The molecule has 1 aromatic heterocycles. The van der Waals surface area contributed by atoms with Gasteiger partial charge >= 0.3 is 6.03 Å². The van der Waals surface area contributed by atoms with E-state index in [-0.39, 0.29) is 24.5 Å². The Morgan fingerprint density at radius 2 is 2.00 bits per heavy atom. The standard InChI is InChI=1S/C25H30N8O2/c1-4-5-11-32-21-22(29-24(32)31-10-6-7-18(26)15-31)30(3)25(35)33(23(21)34)14-17-12-16(2)20-19(13-17)27-8-9-28-20/h8-9,12-13,18,21-22H,6-7,10-11,14-15,26H2,1-3H3/t18-,21?,22?/m1/s1. The van der Waals surface area contributed by atoms with Gasteiger partial charge in [-0.05, 0) is 43.9 Å². The van der Waals surface area contributed by atoms with Gasteiger partial charge in [0.15, 0.2) is 18.2 Å². The monoisotopic (exact) mass is 474 g/mol. The summed E-state index contributed by atoms with van der Waals surface area (Å²) in [6, 6.07) is 2.89. The number of aliphatic imine (C=N–C) groups is 1. The number of piperidine rings is 1. The molecule has 2 N–H and O–H groups in total. The quantitative estimate of drug-likeness (QED) is 0.664. The van der Waals surface area contributed by atoms with E-state index in [1.54, 1.807) is 31.3 Å². The summed E-state index contributed by atoms with van der Waals surface area (Å²) in [5.74, 6) is 6.44. The van der Waals surface area contributed by atoms with Gasteiger partial charge in [-0.1, -0.05) is 12.0 Å². The van der Waals surface area contributed by atoms with Crippen molar-refractivity contribution in [3.8, 4) is 11.8 Å². The molecule has 10 heteroatoms. The smallest absolute Gasteiger partial charge is 0.328 e. The molecular formula is C25H30N8O2. The zero-order chi connectivity index (χ0) is 24.7. The summed E-state index contributed by atoms with van der Waals surface area (Å²) in [4.78, 5) is 47.8. The normalized spacial score (nSPS) is 24.5. The summed E-state index contributed by atoms with van der Waals surface area (Å²) in [6.45, 7) is 5.71. The fraction of sp³-hybridized carbons (Fsp3) is 0.480. The first-order valence-corrected chi connectivity index (χ1v) is 11.9. The van der Waals surface area contributed by atoms with E-state index in [0.29, 0.717) is 19.0 Å². The highest BCUT2D eigenvalue weighted by Gasteiger charge is 2.53. The van der Waals surface area contributed by atoms with Crippen molar-refractivity contribution in [3.63, 3.8) is 0 Å². The molecule has 3 aliphatic rings. The number of urea groups is 1. The first kappa shape index (κ1) is 23.1. The first-order valence-electron chi connectivity index (χ1n) is 11.9. The molecule has 2 unspecified atom stereocenters. The van der Waals surface area contributed by atoms with Crippen LogP contribution in [0.4, 0.5) is 4.79 Å². The second kappa shape index (κ2) is 9.15. The number of carbonyl (C=O) groups is 2. The van der Waals surface area contributed by atoms with Crippen molar-refractivity contribution in [1.29, 1.82) is 0 Å². The van der Waals surface area contributed by atoms with Crippen LogP contribution < -0.4 is 5.73 Å². The Labute approximate surface area is 204 Å². The van der Waals surface area contributed by atoms with E-state index in [2.05, 4.69) is 26.7 Å². The fourth-order valence-corrected chi connectivity index (χ4v) is 5.19. The van der Waals surface area contributed by atoms with Crippen LogP contribution in [0.3, 0.4) is 0 Å². The molecule has 3 amide bonds. The number of likely N-dealkylation sites (N-methyl/N-ethyl adjacent to an activating group) is 1. The van der Waals surface area contributed by atoms with E-state index in [4.69, 9.17) is 10.7 Å². The maximum absolute atomic E-state index is 13.8. The lowest BCUT2D eigenvalue weighted by Gasteiger charge is -2.42. The molecule has 10 nitrogen and oxygen atoms in total. The van der Waals surface area contributed by atoms with Gasteiger partial charge in [0, 0.05) is 38.6 Å². The minimum atomic E-state index is -0.631. The van der Waals surface area contributed by atoms with Gasteiger partial charge in [0.1, 0.15) is 0 Å². The molecule has 0 aliphatic carbocycles. The highest BCUT2D eigenvalue weighted by Crippen LogP contribution is 2.31. The molecule has 182 valence electrons. The predicted octanol–water partition coefficient (Wildman–Crippen LogP) is 1.14. The van der Waals surface area contributed by atoms with Crippen LogP contribution in [0.25, 0.3) is 11.0 Å². The molecule has 35 heavy (non-hydrogen) atoms. The van der Waals surface area contributed by atoms with Crippen LogP contribution in [-0.2, 0) is 11.3 Å². The lowest BCUT2D eigenvalue weighted by Crippen LogP contribution is -2.65. The number of nitrogens with zero attached hydrogens (tertiary/aromatic N) is 7. The Hall–Kier alpha value is -3.71. The van der Waals surface area contributed by atoms with E-state index in [1.807, 2.05) is 24.0 Å². The third-order valence-corrected chi connectivity index (χ3v) is 6.90. The second-order valence-corrected chi connectivity index (χ2v) is 9.35. The van der Waals surface area contributed by atoms with Gasteiger partial charge in [-0.25, -0.2) is 9.79 Å². The molecule has 3 atom stereocenters. The van der Waals surface area contributed by atoms with Crippen LogP contribution in [0.15, 0.2) is 29.5 Å². The second-order valence-electron chi connectivity index (χ2n) is 9.35. The van der Waals surface area contributed by atoms with Gasteiger partial charge < -0.3 is 20.4 Å². The number of fused-ring (bicyclic) bond motifs is 2. The SMILES string of the molecule is CC#CCN1C(N2CCC[C@@H](N)C2)=NC2C1C(=O)N(Cc1cc(C)c3nccnc3c1)C(=O)N2C. The molecular weight excluding hydrogens is 444 g/mol. The Bertz CT molecular complexity index is 1270. The minimum Gasteiger partial charge on any atom is -0.341 e. The number of rotatable bonds is 3. The van der Waals surface area contributed by atoms with Crippen molar-refractivity contribution in [2.45, 2.75) is 51.5 Å². The van der Waals surface area contributed by atoms with Crippen LogP contribution in [-0.4, -0.2) is 92.4 Å². The van der Waals surface area contributed by atoms with Crippen LogP contribution >= 0.6 is 0 Å². The minimum absolute atomic E-state index is 0.0546. The molecule has 0 bridgehead atoms. The number of likely N-dealkylation sites (tertiary alicyclic amines) is 1. The Kier molecular flexibility index (Phi) is 6.03. The lowest BCUT2D eigenvalue weighted by molar-refractivity contribution is -0.137. The van der Waals surface area contributed by atoms with Gasteiger partial charge in [-0.3, -0.25) is 19.7 Å². The average molecular weight is 475 g/mol. The van der Waals surface area contributed by atoms with Crippen molar-refractivity contribution < 1.29 is 9.59 Å². The number of carbonyl (C=O) groups excluding carboxylic acids is 2. The zero-order valence-electron chi connectivity index (χ0n) is 20.3. The number of nitrogens with two attached hydrogens (primary N) is 1. The van der Waals surface area contributed by atoms with Crippen LogP contribution in [0.5, 0.6) is 0 Å². The Morgan fingerprint density at radius 1 is 1.20 bits per heavy atom. The summed E-state index contributed by atoms with van der Waals surface area (Å²) in [5, 5.41) is 0. The average Bonchev–Trinajstić information content (AvgIpc) is 3.24. The van der Waals surface area contributed by atoms with E-state index >= 15 is 0 Å². The largest absolute Gasteiger partial charge is 0.341 e. The number of guanidine groups is 1. The molecule has 2 aromatic rings. The molecule has 0 radical (unpaired) electrons. The highest BCUT2D eigenvalue weighted by atomic mass is 16.2. The molecule has 5 rings (SSSR count). The number of hydrogen-bond donors (Lipinski definition) is 1. The predicted molar refractivity (Wildman–Crippen MR) is 132 cm³/mol. The third-order valence-electron chi connectivity index (χ3n) is 6.90. The van der Waals surface area contributed by atoms with Crippen molar-refractivity contribution in [3.05, 3.63) is 35.7 Å². The maximum atomic E-state index is 13.8. The topological polar surface area (TPSA) is 111 Å². The van der Waals surface area contributed by atoms with Crippen molar-refractivity contribution in [2.24, 2.45) is 10.7 Å². The summed E-state index contributed by atoms with van der Waals surface area (Å²) in [7, 11) is 1.70. The maximum Gasteiger partial charge on any atom is 0.328 e. The number of aromatic nitrogens is 2. The highest BCUT2D eigenvalue weighted by molar-refractivity contribution is 6.04. The zero-order valence-corrected chi connectivity index (χ0v) is 20.3. The Balaban J connectivity index is 1.46. The summed E-state index contributed by atoms with van der Waals surface area (Å²) in [6.07, 6.45) is 4.62. The fourth-order valence-electron chi connectivity index (χ4n) is 5.19. The van der Waals surface area contributed by atoms with Crippen molar-refractivity contribution >= 4 is 28.9 Å². The van der Waals surface area contributed by atoms with Crippen LogP contribution in [0.1, 0.15) is 30.9 Å². The molecule has 3 aliphatic heterocycles. The van der Waals surface area contributed by atoms with Gasteiger partial charge in [-0.2, -0.15) is 0 Å². The summed E-state index contributed by atoms with van der Waals surface area (Å²) < 4.78 is 0. The molecule has 0 saturated carbocycles. The number of imide groups is 1. The van der Waals surface area contributed by atoms with Gasteiger partial charge in [0.25, 0.3) is 5.91 Å². The number of hydrogen-bond acceptors (Lipinski definition) is 8. The van der Waals surface area contributed by atoms with E-state index in [9.17, 15) is 9.59 Å². The molecule has 2 fully saturated rings. The van der Waals surface area contributed by atoms with Gasteiger partial charge in [-0.15, -0.1) is 5.92 Å². The molecule has 0 spiro atoms. The summed E-state index contributed by atoms with van der Waals surface area (Å²) in [5.41, 5.74) is 9.54. The van der Waals surface area contributed by atoms with Gasteiger partial charge in [0.2, 0.25) is 0 Å². The van der Waals surface area contributed by atoms with E-state index < -0.39 is 12.2 Å². The van der Waals surface area contributed by atoms with E-state index in [0.717, 1.165) is 41.5 Å². The van der Waals surface area contributed by atoms with E-state index in [1.165, 1.54) is 4.90 Å². The van der Waals surface area contributed by atoms with Gasteiger partial charge in [0.05, 0.1) is 24.1 Å². The molecule has 4 heterocycles. The molecule has 2 saturated heterocycles. The van der Waals surface area contributed by atoms with Crippen molar-refractivity contribution in [1.82, 2.24) is 29.6 Å². The number of benzene rings is 1. The number of amides is 3. The summed E-state index contributed by atoms with van der Waals surface area (Å²) >= 11 is 0. The first-order chi connectivity index (χ1) is 16.9. The lowest BCUT2D eigenvalue weighted by atomic mass is 10.1. The molecule has 1 aromatic carbocycles. The van der Waals surface area contributed by atoms with Crippen LogP contribution in [0, 0.1) is 18.8 Å². The van der Waals surface area contributed by atoms with Crippen LogP contribution in [0.2, 0.25) is 0 Å². The Morgan fingerprint density at radius 3 is 2.77 bits per heavy atom.